The summed E-state index contributed by atoms with van der Waals surface area (Å²) in [5, 5.41) is 0. The Morgan fingerprint density at radius 1 is 0.512 bits per heavy atom. The minimum Gasteiger partial charge on any atom is -0.443 e. The molecular formula is C36H34O5. The summed E-state index contributed by atoms with van der Waals surface area (Å²) in [4.78, 5) is 26.1. The molecule has 0 N–H and O–H groups in total. The predicted octanol–water partition coefficient (Wildman–Crippen LogP) is 7.13. The second-order valence-electron chi connectivity index (χ2n) is 9.95. The maximum absolute atomic E-state index is 13.1. The minimum absolute atomic E-state index is 0.0634. The van der Waals surface area contributed by atoms with Gasteiger partial charge in [-0.2, -0.15) is 0 Å². The molecule has 0 aliphatic heterocycles. The van der Waals surface area contributed by atoms with Crippen LogP contribution in [0.25, 0.3) is 0 Å². The first kappa shape index (κ1) is 29.2. The molecule has 4 aromatic carbocycles. The Hall–Kier alpha value is -4.74. The first-order chi connectivity index (χ1) is 19.8. The lowest BCUT2D eigenvalue weighted by Gasteiger charge is -2.38. The number of benzene rings is 4. The topological polar surface area (TPSA) is 61.8 Å². The second-order valence-corrected chi connectivity index (χ2v) is 9.95. The highest BCUT2D eigenvalue weighted by atomic mass is 16.6. The smallest absolute Gasteiger partial charge is 0.334 e. The fourth-order valence-corrected chi connectivity index (χ4v) is 4.62. The number of carbonyl (C=O) groups is 2. The third kappa shape index (κ3) is 6.53. The molecular weight excluding hydrogens is 512 g/mol. The number of rotatable bonds is 12. The molecule has 0 heterocycles. The van der Waals surface area contributed by atoms with Crippen molar-refractivity contribution in [2.45, 2.75) is 25.0 Å². The average Bonchev–Trinajstić information content (AvgIpc) is 3.01. The molecule has 4 rings (SSSR count). The molecule has 41 heavy (non-hydrogen) atoms. The van der Waals surface area contributed by atoms with E-state index in [0.717, 1.165) is 22.3 Å². The van der Waals surface area contributed by atoms with Gasteiger partial charge in [0.15, 0.2) is 11.2 Å². The summed E-state index contributed by atoms with van der Waals surface area (Å²) in [6.45, 7) is 10.7. The van der Waals surface area contributed by atoms with E-state index in [1.54, 1.807) is 13.8 Å². The number of esters is 2. The Morgan fingerprint density at radius 3 is 0.976 bits per heavy atom. The van der Waals surface area contributed by atoms with E-state index < -0.39 is 23.1 Å². The fourth-order valence-electron chi connectivity index (χ4n) is 4.62. The molecule has 0 aliphatic rings. The molecule has 4 aromatic rings. The van der Waals surface area contributed by atoms with Gasteiger partial charge in [-0.1, -0.05) is 134 Å². The molecule has 0 saturated heterocycles. The Labute approximate surface area is 241 Å². The van der Waals surface area contributed by atoms with Crippen molar-refractivity contribution in [2.24, 2.45) is 0 Å². The molecule has 0 aliphatic carbocycles. The van der Waals surface area contributed by atoms with Crippen LogP contribution in [0.1, 0.15) is 36.1 Å². The van der Waals surface area contributed by atoms with Gasteiger partial charge < -0.3 is 14.2 Å². The van der Waals surface area contributed by atoms with E-state index >= 15 is 0 Å². The highest BCUT2D eigenvalue weighted by Gasteiger charge is 2.43. The summed E-state index contributed by atoms with van der Waals surface area (Å²) in [7, 11) is 0. The third-order valence-electron chi connectivity index (χ3n) is 6.80. The van der Waals surface area contributed by atoms with Gasteiger partial charge in [0, 0.05) is 33.4 Å². The summed E-state index contributed by atoms with van der Waals surface area (Å²) in [5.41, 5.74) is 0.814. The monoisotopic (exact) mass is 546 g/mol. The molecule has 0 atom stereocenters. The molecule has 0 spiro atoms. The standard InChI is InChI=1S/C36H34O5/c1-27(2)33(37)40-35(29-17-9-5-10-18-29,30-19-11-6-12-20-30)25-39-26-36(41-34(38)28(3)4,31-21-13-7-14-22-31)32-23-15-8-16-24-32/h5-24H,1,3,25-26H2,2,4H3. The molecule has 0 bridgehead atoms. The van der Waals surface area contributed by atoms with Crippen LogP contribution in [0.5, 0.6) is 0 Å². The molecule has 5 nitrogen and oxygen atoms in total. The summed E-state index contributed by atoms with van der Waals surface area (Å²) in [6.07, 6.45) is 0. The van der Waals surface area contributed by atoms with Gasteiger partial charge in [0.25, 0.3) is 0 Å². The molecule has 5 heteroatoms. The van der Waals surface area contributed by atoms with Crippen LogP contribution < -0.4 is 0 Å². The highest BCUT2D eigenvalue weighted by molar-refractivity contribution is 5.88. The lowest BCUT2D eigenvalue weighted by Crippen LogP contribution is -2.43. The number of hydrogen-bond acceptors (Lipinski definition) is 5. The quantitative estimate of drug-likeness (QED) is 0.140. The van der Waals surface area contributed by atoms with Gasteiger partial charge in [-0.05, 0) is 13.8 Å². The number of ether oxygens (including phenoxy) is 3. The first-order valence-electron chi connectivity index (χ1n) is 13.4. The lowest BCUT2D eigenvalue weighted by molar-refractivity contribution is -0.167. The van der Waals surface area contributed by atoms with Crippen molar-refractivity contribution in [1.82, 2.24) is 0 Å². The predicted molar refractivity (Wildman–Crippen MR) is 160 cm³/mol. The van der Waals surface area contributed by atoms with Crippen molar-refractivity contribution in [3.05, 3.63) is 168 Å². The van der Waals surface area contributed by atoms with Gasteiger partial charge >= 0.3 is 11.9 Å². The van der Waals surface area contributed by atoms with Crippen LogP contribution in [0, 0.1) is 0 Å². The second kappa shape index (κ2) is 13.1. The van der Waals surface area contributed by atoms with E-state index in [0.29, 0.717) is 0 Å². The Balaban J connectivity index is 1.83. The van der Waals surface area contributed by atoms with Gasteiger partial charge in [-0.15, -0.1) is 0 Å². The highest BCUT2D eigenvalue weighted by Crippen LogP contribution is 2.39. The molecule has 0 aromatic heterocycles. The van der Waals surface area contributed by atoms with Crippen LogP contribution in [0.15, 0.2) is 146 Å². The summed E-state index contributed by atoms with van der Waals surface area (Å²) in [6, 6.07) is 37.8. The Morgan fingerprint density at radius 2 is 0.756 bits per heavy atom. The van der Waals surface area contributed by atoms with Crippen LogP contribution in [0.3, 0.4) is 0 Å². The van der Waals surface area contributed by atoms with Gasteiger partial charge in [0.1, 0.15) is 0 Å². The van der Waals surface area contributed by atoms with Gasteiger partial charge in [-0.3, -0.25) is 0 Å². The molecule has 0 amide bonds. The molecule has 0 fully saturated rings. The van der Waals surface area contributed by atoms with Crippen molar-refractivity contribution in [3.8, 4) is 0 Å². The van der Waals surface area contributed by atoms with Gasteiger partial charge in [0.2, 0.25) is 0 Å². The van der Waals surface area contributed by atoms with E-state index in [1.165, 1.54) is 0 Å². The Kier molecular flexibility index (Phi) is 9.33. The summed E-state index contributed by atoms with van der Waals surface area (Å²) < 4.78 is 19.0. The average molecular weight is 547 g/mol. The van der Waals surface area contributed by atoms with E-state index in [9.17, 15) is 9.59 Å². The van der Waals surface area contributed by atoms with Crippen molar-refractivity contribution < 1.29 is 23.8 Å². The summed E-state index contributed by atoms with van der Waals surface area (Å²) in [5.74, 6) is -1.10. The molecule has 0 saturated carbocycles. The van der Waals surface area contributed by atoms with Crippen molar-refractivity contribution in [3.63, 3.8) is 0 Å². The maximum atomic E-state index is 13.1. The van der Waals surface area contributed by atoms with Crippen LogP contribution in [0.2, 0.25) is 0 Å². The van der Waals surface area contributed by atoms with Gasteiger partial charge in [0.05, 0.1) is 13.2 Å². The summed E-state index contributed by atoms with van der Waals surface area (Å²) >= 11 is 0. The largest absolute Gasteiger partial charge is 0.443 e. The van der Waals surface area contributed by atoms with Crippen molar-refractivity contribution in [1.29, 1.82) is 0 Å². The fraction of sp³-hybridized carbons (Fsp3) is 0.167. The van der Waals surface area contributed by atoms with Gasteiger partial charge in [-0.25, -0.2) is 9.59 Å². The van der Waals surface area contributed by atoms with Crippen LogP contribution in [-0.2, 0) is 35.0 Å². The molecule has 0 unspecified atom stereocenters. The zero-order valence-electron chi connectivity index (χ0n) is 23.4. The minimum atomic E-state index is -1.31. The SMILES string of the molecule is C=C(C)C(=O)OC(COCC(OC(=O)C(=C)C)(c1ccccc1)c1ccccc1)(c1ccccc1)c1ccccc1. The normalized spacial score (nSPS) is 11.4. The van der Waals surface area contributed by atoms with Crippen LogP contribution >= 0.6 is 0 Å². The van der Waals surface area contributed by atoms with Crippen LogP contribution in [0.4, 0.5) is 0 Å². The first-order valence-corrected chi connectivity index (χ1v) is 13.4. The number of carbonyl (C=O) groups excluding carboxylic acids is 2. The zero-order chi connectivity index (χ0) is 29.3. The van der Waals surface area contributed by atoms with Crippen LogP contribution in [-0.4, -0.2) is 25.2 Å². The van der Waals surface area contributed by atoms with E-state index in [2.05, 4.69) is 13.2 Å². The maximum Gasteiger partial charge on any atom is 0.334 e. The Bertz CT molecular complexity index is 1280. The van der Waals surface area contributed by atoms with E-state index in [-0.39, 0.29) is 24.4 Å². The third-order valence-corrected chi connectivity index (χ3v) is 6.80. The zero-order valence-corrected chi connectivity index (χ0v) is 23.4. The lowest BCUT2D eigenvalue weighted by atomic mass is 9.85. The van der Waals surface area contributed by atoms with E-state index in [1.807, 2.05) is 121 Å². The van der Waals surface area contributed by atoms with Crippen molar-refractivity contribution in [2.75, 3.05) is 13.2 Å². The van der Waals surface area contributed by atoms with E-state index in [4.69, 9.17) is 14.2 Å². The van der Waals surface area contributed by atoms with Crippen molar-refractivity contribution >= 4 is 11.9 Å². The number of hydrogen-bond donors (Lipinski definition) is 0. The molecule has 208 valence electrons. The molecule has 0 radical (unpaired) electrons.